The van der Waals surface area contributed by atoms with Crippen LogP contribution in [-0.2, 0) is 10.3 Å². The molecule has 3 aromatic rings. The molecule has 0 radical (unpaired) electrons. The van der Waals surface area contributed by atoms with Gasteiger partial charge in [-0.2, -0.15) is 0 Å². The number of hydrogen-bond acceptors (Lipinski definition) is 4. The van der Waals surface area contributed by atoms with Crippen molar-refractivity contribution in [2.45, 2.75) is 59.6 Å². The number of ether oxygens (including phenoxy) is 1. The van der Waals surface area contributed by atoms with Gasteiger partial charge in [0.15, 0.2) is 0 Å². The number of nitrogens with one attached hydrogen (secondary N) is 2. The Morgan fingerprint density at radius 2 is 1.64 bits per heavy atom. The first-order chi connectivity index (χ1) is 15.3. The molecule has 3 rings (SSSR count). The van der Waals surface area contributed by atoms with Crippen LogP contribution in [0.2, 0.25) is 0 Å². The van der Waals surface area contributed by atoms with Crippen LogP contribution in [0.1, 0.15) is 67.8 Å². The Hall–Kier alpha value is -3.19. The third-order valence-electron chi connectivity index (χ3n) is 5.10. The molecule has 0 bridgehead atoms. The summed E-state index contributed by atoms with van der Waals surface area (Å²) in [5.74, 6) is 0.0218. The molecule has 0 aliphatic carbocycles. The van der Waals surface area contributed by atoms with Crippen molar-refractivity contribution in [2.75, 3.05) is 18.5 Å². The van der Waals surface area contributed by atoms with E-state index in [2.05, 4.69) is 15.6 Å². The van der Waals surface area contributed by atoms with Crippen LogP contribution in [0.3, 0.4) is 0 Å². The fourth-order valence-corrected chi connectivity index (χ4v) is 3.37. The summed E-state index contributed by atoms with van der Waals surface area (Å²) in [5.41, 5.74) is 2.27. The van der Waals surface area contributed by atoms with E-state index in [0.29, 0.717) is 35.7 Å². The van der Waals surface area contributed by atoms with Crippen LogP contribution in [0.4, 0.5) is 5.82 Å². The average molecular weight is 451 g/mol. The van der Waals surface area contributed by atoms with Crippen LogP contribution in [0.25, 0.3) is 11.0 Å². The van der Waals surface area contributed by atoms with Crippen molar-refractivity contribution in [2.24, 2.45) is 0 Å². The van der Waals surface area contributed by atoms with Crippen molar-refractivity contribution in [3.05, 3.63) is 59.3 Å². The highest BCUT2D eigenvalue weighted by Gasteiger charge is 2.23. The predicted molar refractivity (Wildman–Crippen MR) is 132 cm³/mol. The fourth-order valence-electron chi connectivity index (χ4n) is 3.37. The molecule has 2 N–H and O–H groups in total. The van der Waals surface area contributed by atoms with E-state index in [0.717, 1.165) is 10.9 Å². The van der Waals surface area contributed by atoms with Crippen molar-refractivity contribution in [3.8, 4) is 0 Å². The van der Waals surface area contributed by atoms with Crippen LogP contribution in [0.15, 0.2) is 42.6 Å². The molecule has 2 aromatic heterocycles. The van der Waals surface area contributed by atoms with E-state index in [9.17, 15) is 9.59 Å². The second-order valence-electron chi connectivity index (χ2n) is 10.2. The number of hydrogen-bond donors (Lipinski definition) is 2. The third kappa shape index (κ3) is 6.20. The minimum Gasteiger partial charge on any atom is -0.374 e. The maximum absolute atomic E-state index is 12.9. The molecule has 0 saturated carbocycles. The van der Waals surface area contributed by atoms with Crippen molar-refractivity contribution in [1.29, 1.82) is 0 Å². The minimum absolute atomic E-state index is 0.182. The number of nitrogens with zero attached hydrogens (tertiary/aromatic N) is 2. The van der Waals surface area contributed by atoms with Gasteiger partial charge in [0.1, 0.15) is 11.5 Å². The SMILES string of the molecule is Cc1ccc(C(=O)Nc2ccc3c(C(=O)NCCOC(C)(C)C)cn(C(C)(C)C)c3n2)cc1. The maximum atomic E-state index is 12.9. The molecule has 2 amide bonds. The third-order valence-corrected chi connectivity index (χ3v) is 5.10. The van der Waals surface area contributed by atoms with E-state index in [1.165, 1.54) is 0 Å². The normalized spacial score (nSPS) is 12.1. The molecule has 0 fully saturated rings. The van der Waals surface area contributed by atoms with Gasteiger partial charge in [-0.05, 0) is 72.7 Å². The van der Waals surface area contributed by atoms with Crippen molar-refractivity contribution < 1.29 is 14.3 Å². The van der Waals surface area contributed by atoms with E-state index < -0.39 is 0 Å². The lowest BCUT2D eigenvalue weighted by Crippen LogP contribution is -2.30. The van der Waals surface area contributed by atoms with Crippen LogP contribution in [0.5, 0.6) is 0 Å². The zero-order chi connectivity index (χ0) is 24.4. The number of anilines is 1. The molecule has 2 heterocycles. The summed E-state index contributed by atoms with van der Waals surface area (Å²) in [4.78, 5) is 30.2. The van der Waals surface area contributed by atoms with Crippen molar-refractivity contribution in [1.82, 2.24) is 14.9 Å². The van der Waals surface area contributed by atoms with E-state index in [1.807, 2.05) is 77.4 Å². The zero-order valence-corrected chi connectivity index (χ0v) is 20.6. The molecular weight excluding hydrogens is 416 g/mol. The first kappa shape index (κ1) is 24.5. The van der Waals surface area contributed by atoms with Gasteiger partial charge < -0.3 is 19.9 Å². The standard InChI is InChI=1S/C26H34N4O3/c1-17-8-10-18(11-9-17)23(31)29-21-13-12-19-20(16-30(22(19)28-21)25(2,3)4)24(32)27-14-15-33-26(5,6)7/h8-13,16H,14-15H2,1-7H3,(H,27,32)(H,28,29,31). The van der Waals surface area contributed by atoms with Crippen LogP contribution < -0.4 is 10.6 Å². The van der Waals surface area contributed by atoms with E-state index in [4.69, 9.17) is 4.74 Å². The number of aromatic nitrogens is 2. The summed E-state index contributed by atoms with van der Waals surface area (Å²) >= 11 is 0. The molecule has 0 unspecified atom stereocenters. The second kappa shape index (κ2) is 9.35. The Morgan fingerprint density at radius 1 is 0.970 bits per heavy atom. The summed E-state index contributed by atoms with van der Waals surface area (Å²) in [5, 5.41) is 6.52. The Bertz CT molecular complexity index is 1150. The van der Waals surface area contributed by atoms with Gasteiger partial charge in [0, 0.05) is 29.2 Å². The fraction of sp³-hybridized carbons (Fsp3) is 0.423. The molecule has 1 aromatic carbocycles. The number of aryl methyl sites for hydroxylation is 1. The quantitative estimate of drug-likeness (QED) is 0.523. The Labute approximate surface area is 195 Å². The van der Waals surface area contributed by atoms with Gasteiger partial charge in [-0.3, -0.25) is 9.59 Å². The topological polar surface area (TPSA) is 85.3 Å². The molecule has 0 atom stereocenters. The highest BCUT2D eigenvalue weighted by Crippen LogP contribution is 2.28. The highest BCUT2D eigenvalue weighted by atomic mass is 16.5. The van der Waals surface area contributed by atoms with Crippen LogP contribution in [-0.4, -0.2) is 40.1 Å². The van der Waals surface area contributed by atoms with E-state index in [1.54, 1.807) is 18.2 Å². The largest absolute Gasteiger partial charge is 0.374 e. The van der Waals surface area contributed by atoms with Gasteiger partial charge in [0.05, 0.1) is 17.8 Å². The lowest BCUT2D eigenvalue weighted by molar-refractivity contribution is -0.000652. The minimum atomic E-state index is -0.307. The summed E-state index contributed by atoms with van der Waals surface area (Å²) in [7, 11) is 0. The van der Waals surface area contributed by atoms with Crippen molar-refractivity contribution >= 4 is 28.7 Å². The Morgan fingerprint density at radius 3 is 2.24 bits per heavy atom. The number of carbonyl (C=O) groups excluding carboxylic acids is 2. The van der Waals surface area contributed by atoms with E-state index >= 15 is 0 Å². The summed E-state index contributed by atoms with van der Waals surface area (Å²) < 4.78 is 7.65. The molecule has 0 saturated heterocycles. The number of carbonyl (C=O) groups is 2. The molecular formula is C26H34N4O3. The number of fused-ring (bicyclic) bond motifs is 1. The van der Waals surface area contributed by atoms with Crippen molar-refractivity contribution in [3.63, 3.8) is 0 Å². The van der Waals surface area contributed by atoms with Gasteiger partial charge in [0.25, 0.3) is 11.8 Å². The lowest BCUT2D eigenvalue weighted by Gasteiger charge is -2.22. The van der Waals surface area contributed by atoms with Crippen LogP contribution >= 0.6 is 0 Å². The van der Waals surface area contributed by atoms with Gasteiger partial charge in [-0.15, -0.1) is 0 Å². The molecule has 176 valence electrons. The molecule has 0 aliphatic rings. The monoisotopic (exact) mass is 450 g/mol. The first-order valence-electron chi connectivity index (χ1n) is 11.2. The van der Waals surface area contributed by atoms with Gasteiger partial charge in [0.2, 0.25) is 0 Å². The smallest absolute Gasteiger partial charge is 0.256 e. The molecule has 0 spiro atoms. The number of benzene rings is 1. The van der Waals surface area contributed by atoms with Crippen LogP contribution in [0, 0.1) is 6.92 Å². The van der Waals surface area contributed by atoms with Gasteiger partial charge >= 0.3 is 0 Å². The molecule has 7 nitrogen and oxygen atoms in total. The average Bonchev–Trinajstić information content (AvgIpc) is 3.10. The summed E-state index contributed by atoms with van der Waals surface area (Å²) in [6.45, 7) is 14.9. The molecule has 7 heteroatoms. The molecule has 0 aliphatic heterocycles. The lowest BCUT2D eigenvalue weighted by atomic mass is 10.1. The summed E-state index contributed by atoms with van der Waals surface area (Å²) in [6.07, 6.45) is 1.82. The van der Waals surface area contributed by atoms with Gasteiger partial charge in [-0.25, -0.2) is 4.98 Å². The van der Waals surface area contributed by atoms with Gasteiger partial charge in [-0.1, -0.05) is 17.7 Å². The number of rotatable bonds is 6. The number of pyridine rings is 1. The Balaban J connectivity index is 1.85. The summed E-state index contributed by atoms with van der Waals surface area (Å²) in [6, 6.07) is 10.9. The second-order valence-corrected chi connectivity index (χ2v) is 10.2. The Kier molecular flexibility index (Phi) is 6.93. The highest BCUT2D eigenvalue weighted by molar-refractivity contribution is 6.07. The number of amides is 2. The first-order valence-corrected chi connectivity index (χ1v) is 11.2. The van der Waals surface area contributed by atoms with E-state index in [-0.39, 0.29) is 23.0 Å². The maximum Gasteiger partial charge on any atom is 0.256 e. The molecule has 33 heavy (non-hydrogen) atoms. The predicted octanol–water partition coefficient (Wildman–Crippen LogP) is 4.90. The zero-order valence-electron chi connectivity index (χ0n) is 20.6.